The number of rotatable bonds is 8. The van der Waals surface area contributed by atoms with Gasteiger partial charge in [0, 0.05) is 44.2 Å². The number of ether oxygens (including phenoxy) is 1. The molecule has 12 nitrogen and oxygen atoms in total. The van der Waals surface area contributed by atoms with Gasteiger partial charge in [0.1, 0.15) is 17.8 Å². The molecule has 184 valence electrons. The fourth-order valence-corrected chi connectivity index (χ4v) is 4.18. The maximum absolute atomic E-state index is 13.0. The van der Waals surface area contributed by atoms with Crippen LogP contribution in [-0.2, 0) is 27.1 Å². The van der Waals surface area contributed by atoms with Crippen LogP contribution in [0.15, 0.2) is 30.5 Å². The number of H-pyrrole nitrogens is 1. The van der Waals surface area contributed by atoms with Crippen LogP contribution in [0.25, 0.3) is 0 Å². The predicted octanol–water partition coefficient (Wildman–Crippen LogP) is 0.417. The number of amides is 2. The van der Waals surface area contributed by atoms with Crippen LogP contribution >= 0.6 is 0 Å². The number of hydrogen-bond acceptors (Lipinski definition) is 8. The van der Waals surface area contributed by atoms with Crippen molar-refractivity contribution in [3.05, 3.63) is 41.7 Å². The summed E-state index contributed by atoms with van der Waals surface area (Å²) in [7, 11) is 3.10. The van der Waals surface area contributed by atoms with Crippen molar-refractivity contribution in [3.63, 3.8) is 0 Å². The third-order valence-corrected chi connectivity index (χ3v) is 6.23. The summed E-state index contributed by atoms with van der Waals surface area (Å²) >= 11 is -2.40. The van der Waals surface area contributed by atoms with E-state index in [9.17, 15) is 28.3 Å². The molecule has 2 aromatic rings. The normalized spacial score (nSPS) is 19.4. The second-order valence-electron chi connectivity index (χ2n) is 8.19. The van der Waals surface area contributed by atoms with Crippen molar-refractivity contribution in [1.82, 2.24) is 20.2 Å². The highest BCUT2D eigenvalue weighted by Crippen LogP contribution is 2.26. The van der Waals surface area contributed by atoms with E-state index in [1.165, 1.54) is 21.9 Å². The number of aliphatic carboxylic acids is 1. The van der Waals surface area contributed by atoms with E-state index in [-0.39, 0.29) is 19.4 Å². The Kier molecular flexibility index (Phi) is 7.89. The highest BCUT2D eigenvalue weighted by Gasteiger charge is 2.40. The molecular formula is C21H26N5O7S-. The lowest BCUT2D eigenvalue weighted by molar-refractivity contribution is -0.141. The summed E-state index contributed by atoms with van der Waals surface area (Å²) in [4.78, 5) is 46.5. The standard InChI is InChI=1S/C21H27N5O7S/c1-12-10-22-20(23-12)26-11-15(34(31)32)9-17(26)18(27)24-16(19(28)29)8-13-4-6-14(7-5-13)33-21(30)25(2)3/h4-7,10,15-17H,8-9,11H2,1-3H3,(H,22,23)(H,24,27)(H,28,29)(H,31,32)/p-1/t15?,16-,17-/m0/s1. The molecule has 34 heavy (non-hydrogen) atoms. The van der Waals surface area contributed by atoms with E-state index >= 15 is 0 Å². The number of aryl methyl sites for hydroxylation is 1. The topological polar surface area (TPSA) is 168 Å². The molecule has 3 rings (SSSR count). The first-order valence-corrected chi connectivity index (χ1v) is 11.6. The quantitative estimate of drug-likeness (QED) is 0.442. The van der Waals surface area contributed by atoms with Crippen LogP contribution < -0.4 is 15.0 Å². The van der Waals surface area contributed by atoms with Crippen molar-refractivity contribution in [2.45, 2.75) is 37.1 Å². The van der Waals surface area contributed by atoms with Gasteiger partial charge in [-0.25, -0.2) is 14.6 Å². The first kappa shape index (κ1) is 25.2. The van der Waals surface area contributed by atoms with Gasteiger partial charge in [-0.2, -0.15) is 0 Å². The maximum atomic E-state index is 13.0. The molecule has 2 unspecified atom stereocenters. The van der Waals surface area contributed by atoms with Gasteiger partial charge in [-0.15, -0.1) is 0 Å². The smallest absolute Gasteiger partial charge is 0.414 e. The molecule has 4 atom stereocenters. The zero-order valence-corrected chi connectivity index (χ0v) is 19.7. The Morgan fingerprint density at radius 3 is 2.56 bits per heavy atom. The Morgan fingerprint density at radius 2 is 2.03 bits per heavy atom. The number of hydrogen-bond donors (Lipinski definition) is 3. The number of nitrogens with one attached hydrogen (secondary N) is 2. The Hall–Kier alpha value is -3.45. The highest BCUT2D eigenvalue weighted by molar-refractivity contribution is 7.79. The molecule has 1 aliphatic heterocycles. The fourth-order valence-electron chi connectivity index (χ4n) is 3.55. The van der Waals surface area contributed by atoms with Gasteiger partial charge in [-0.05, 0) is 31.0 Å². The Morgan fingerprint density at radius 1 is 1.35 bits per heavy atom. The van der Waals surface area contributed by atoms with Gasteiger partial charge < -0.3 is 34.5 Å². The van der Waals surface area contributed by atoms with Crippen LogP contribution in [0.3, 0.4) is 0 Å². The molecule has 0 saturated carbocycles. The largest absolute Gasteiger partial charge is 0.772 e. The van der Waals surface area contributed by atoms with Crippen LogP contribution in [-0.4, -0.2) is 84.7 Å². The van der Waals surface area contributed by atoms with E-state index in [0.717, 1.165) is 5.69 Å². The van der Waals surface area contributed by atoms with Crippen LogP contribution in [0.4, 0.5) is 10.7 Å². The molecule has 0 bridgehead atoms. The minimum absolute atomic E-state index is 0.0139. The third-order valence-electron chi connectivity index (χ3n) is 5.35. The predicted molar refractivity (Wildman–Crippen MR) is 121 cm³/mol. The van der Waals surface area contributed by atoms with Gasteiger partial charge in [-0.3, -0.25) is 9.00 Å². The van der Waals surface area contributed by atoms with Crippen LogP contribution in [0.5, 0.6) is 5.75 Å². The van der Waals surface area contributed by atoms with Crippen molar-refractivity contribution in [2.75, 3.05) is 25.5 Å². The molecule has 1 aromatic heterocycles. The number of anilines is 1. The van der Waals surface area contributed by atoms with Crippen molar-refractivity contribution in [3.8, 4) is 5.75 Å². The van der Waals surface area contributed by atoms with Crippen molar-refractivity contribution < 1.29 is 33.0 Å². The van der Waals surface area contributed by atoms with Crippen molar-refractivity contribution in [1.29, 1.82) is 0 Å². The number of carboxylic acids is 1. The number of carbonyl (C=O) groups is 3. The van der Waals surface area contributed by atoms with E-state index < -0.39 is 46.4 Å². The number of imidazole rings is 1. The lowest BCUT2D eigenvalue weighted by Gasteiger charge is -2.25. The SMILES string of the molecule is Cc1cnc(N2CC(S(=O)[O-])C[C@H]2C(=O)N[C@@H](Cc2ccc(OC(=O)N(C)C)cc2)C(=O)O)[nH]1. The van der Waals surface area contributed by atoms with E-state index in [4.69, 9.17) is 4.74 Å². The number of nitrogens with zero attached hydrogens (tertiary/aromatic N) is 3. The number of aromatic nitrogens is 2. The van der Waals surface area contributed by atoms with Gasteiger partial charge in [0.15, 0.2) is 0 Å². The molecule has 2 amide bonds. The van der Waals surface area contributed by atoms with Crippen molar-refractivity contribution >= 4 is 35.0 Å². The van der Waals surface area contributed by atoms with Gasteiger partial charge in [0.2, 0.25) is 11.9 Å². The summed E-state index contributed by atoms with van der Waals surface area (Å²) in [6, 6.07) is 4.12. The molecule has 1 saturated heterocycles. The molecule has 1 aromatic carbocycles. The zero-order valence-electron chi connectivity index (χ0n) is 18.9. The second kappa shape index (κ2) is 10.7. The average Bonchev–Trinajstić information content (AvgIpc) is 3.41. The first-order valence-electron chi connectivity index (χ1n) is 10.4. The Labute approximate surface area is 198 Å². The van der Waals surface area contributed by atoms with Crippen molar-refractivity contribution in [2.24, 2.45) is 0 Å². The van der Waals surface area contributed by atoms with Gasteiger partial charge in [-0.1, -0.05) is 23.2 Å². The fraction of sp³-hybridized carbons (Fsp3) is 0.429. The van der Waals surface area contributed by atoms with Gasteiger partial charge >= 0.3 is 12.1 Å². The van der Waals surface area contributed by atoms with E-state index in [0.29, 0.717) is 17.3 Å². The Balaban J connectivity index is 1.70. The number of carboxylic acid groups (broad SMARTS) is 1. The molecule has 3 N–H and O–H groups in total. The monoisotopic (exact) mass is 492 g/mol. The molecular weight excluding hydrogens is 466 g/mol. The summed E-state index contributed by atoms with van der Waals surface area (Å²) in [5.41, 5.74) is 1.34. The number of benzene rings is 1. The first-order chi connectivity index (χ1) is 16.0. The van der Waals surface area contributed by atoms with Gasteiger partial charge in [0.25, 0.3) is 0 Å². The summed E-state index contributed by atoms with van der Waals surface area (Å²) < 4.78 is 28.2. The van der Waals surface area contributed by atoms with Crippen LogP contribution in [0.1, 0.15) is 17.7 Å². The number of aromatic amines is 1. The molecule has 1 fully saturated rings. The third kappa shape index (κ3) is 6.11. The molecule has 0 spiro atoms. The number of carbonyl (C=O) groups excluding carboxylic acids is 2. The average molecular weight is 493 g/mol. The summed E-state index contributed by atoms with van der Waals surface area (Å²) in [5, 5.41) is 11.4. The molecule has 2 heterocycles. The van der Waals surface area contributed by atoms with Crippen LogP contribution in [0, 0.1) is 6.92 Å². The minimum atomic E-state index is -2.40. The summed E-state index contributed by atoms with van der Waals surface area (Å²) in [6.07, 6.45) is 1.01. The highest BCUT2D eigenvalue weighted by atomic mass is 32.2. The summed E-state index contributed by atoms with van der Waals surface area (Å²) in [5.74, 6) is -1.20. The van der Waals surface area contributed by atoms with Gasteiger partial charge in [0.05, 0.1) is 0 Å². The van der Waals surface area contributed by atoms with E-state index in [1.54, 1.807) is 39.3 Å². The molecule has 0 aliphatic carbocycles. The summed E-state index contributed by atoms with van der Waals surface area (Å²) in [6.45, 7) is 1.84. The zero-order chi connectivity index (χ0) is 25.0. The molecule has 0 radical (unpaired) electrons. The molecule has 13 heteroatoms. The minimum Gasteiger partial charge on any atom is -0.772 e. The van der Waals surface area contributed by atoms with Crippen LogP contribution in [0.2, 0.25) is 0 Å². The lowest BCUT2D eigenvalue weighted by Crippen LogP contribution is -2.50. The molecule has 1 aliphatic rings. The lowest BCUT2D eigenvalue weighted by atomic mass is 10.0. The van der Waals surface area contributed by atoms with E-state index in [1.807, 2.05) is 0 Å². The second-order valence-corrected chi connectivity index (χ2v) is 9.37. The Bertz CT molecular complexity index is 1070. The maximum Gasteiger partial charge on any atom is 0.414 e. The van der Waals surface area contributed by atoms with E-state index in [2.05, 4.69) is 15.3 Å².